The average molecular weight is 252 g/mol. The lowest BCUT2D eigenvalue weighted by Crippen LogP contribution is -2.09. The van der Waals surface area contributed by atoms with Gasteiger partial charge in [0.05, 0.1) is 6.34 Å². The molecule has 0 aliphatic carbocycles. The zero-order chi connectivity index (χ0) is 13.7. The van der Waals surface area contributed by atoms with Crippen molar-refractivity contribution in [2.45, 2.75) is 0 Å². The zero-order valence-electron chi connectivity index (χ0n) is 11.1. The van der Waals surface area contributed by atoms with Gasteiger partial charge < -0.3 is 4.90 Å². The van der Waals surface area contributed by atoms with Crippen molar-refractivity contribution < 1.29 is 4.79 Å². The Morgan fingerprint density at radius 3 is 2.37 bits per heavy atom. The summed E-state index contributed by atoms with van der Waals surface area (Å²) in [6.45, 7) is 0. The molecule has 0 fully saturated rings. The fourth-order valence-corrected chi connectivity index (χ4v) is 1.70. The minimum Gasteiger partial charge on any atom is -0.369 e. The van der Waals surface area contributed by atoms with E-state index >= 15 is 0 Å². The molecule has 1 amide bonds. The molecule has 0 N–H and O–H groups in total. The van der Waals surface area contributed by atoms with E-state index < -0.39 is 0 Å². The minimum absolute atomic E-state index is 0.230. The van der Waals surface area contributed by atoms with E-state index in [1.54, 1.807) is 11.0 Å². The van der Waals surface area contributed by atoms with Crippen molar-refractivity contribution >= 4 is 12.2 Å². The van der Waals surface area contributed by atoms with Crippen LogP contribution in [0.3, 0.4) is 0 Å². The highest BCUT2D eigenvalue weighted by molar-refractivity contribution is 5.99. The summed E-state index contributed by atoms with van der Waals surface area (Å²) >= 11 is 0. The maximum absolute atomic E-state index is 11.9. The number of aliphatic imine (C=N–C) groups is 1. The molecule has 0 spiro atoms. The first-order chi connectivity index (χ1) is 9.16. The van der Waals surface area contributed by atoms with E-state index in [9.17, 15) is 4.79 Å². The zero-order valence-corrected chi connectivity index (χ0v) is 11.1. The molecule has 96 valence electrons. The summed E-state index contributed by atoms with van der Waals surface area (Å²) in [6.07, 6.45) is 1.51. The van der Waals surface area contributed by atoms with Gasteiger partial charge in [0.15, 0.2) is 0 Å². The first-order valence-corrected chi connectivity index (χ1v) is 6.07. The fourth-order valence-electron chi connectivity index (χ4n) is 1.70. The van der Waals surface area contributed by atoms with Gasteiger partial charge in [-0.05, 0) is 23.3 Å². The summed E-state index contributed by atoms with van der Waals surface area (Å²) in [4.78, 5) is 17.5. The van der Waals surface area contributed by atoms with Crippen molar-refractivity contribution in [2.75, 3.05) is 14.1 Å². The van der Waals surface area contributed by atoms with Crippen molar-refractivity contribution in [2.24, 2.45) is 4.99 Å². The highest BCUT2D eigenvalue weighted by Gasteiger charge is 2.05. The Morgan fingerprint density at radius 1 is 1.00 bits per heavy atom. The first-order valence-electron chi connectivity index (χ1n) is 6.07. The van der Waals surface area contributed by atoms with Crippen molar-refractivity contribution in [1.29, 1.82) is 0 Å². The van der Waals surface area contributed by atoms with Crippen LogP contribution in [0.2, 0.25) is 0 Å². The van der Waals surface area contributed by atoms with Crippen LogP contribution in [-0.4, -0.2) is 31.2 Å². The van der Waals surface area contributed by atoms with Gasteiger partial charge in [-0.3, -0.25) is 4.79 Å². The predicted molar refractivity (Wildman–Crippen MR) is 78.4 cm³/mol. The van der Waals surface area contributed by atoms with Gasteiger partial charge in [0.2, 0.25) is 0 Å². The number of carbonyl (C=O) groups is 1. The highest BCUT2D eigenvalue weighted by Crippen LogP contribution is 2.20. The predicted octanol–water partition coefficient (Wildman–Crippen LogP) is 3.08. The minimum atomic E-state index is -0.230. The molecule has 0 radical (unpaired) electrons. The number of amides is 1. The number of rotatable bonds is 3. The van der Waals surface area contributed by atoms with E-state index in [4.69, 9.17) is 0 Å². The smallest absolute Gasteiger partial charge is 0.278 e. The van der Waals surface area contributed by atoms with Crippen molar-refractivity contribution in [1.82, 2.24) is 4.90 Å². The normalized spacial score (nSPS) is 10.6. The SMILES string of the molecule is CN(C)C=NC(=O)c1cccc(-c2ccccc2)c1. The van der Waals surface area contributed by atoms with Gasteiger partial charge in [-0.25, -0.2) is 0 Å². The molecule has 2 aromatic rings. The molecule has 2 rings (SSSR count). The molecule has 0 aliphatic rings. The van der Waals surface area contributed by atoms with Crippen molar-refractivity contribution in [3.63, 3.8) is 0 Å². The van der Waals surface area contributed by atoms with Crippen LogP contribution in [0.25, 0.3) is 11.1 Å². The monoisotopic (exact) mass is 252 g/mol. The van der Waals surface area contributed by atoms with Crippen LogP contribution in [0.15, 0.2) is 59.6 Å². The van der Waals surface area contributed by atoms with Crippen LogP contribution >= 0.6 is 0 Å². The second-order valence-electron chi connectivity index (χ2n) is 4.46. The molecule has 3 heteroatoms. The van der Waals surface area contributed by atoms with Crippen LogP contribution in [-0.2, 0) is 0 Å². The molecule has 3 nitrogen and oxygen atoms in total. The quantitative estimate of drug-likeness (QED) is 0.621. The standard InChI is InChI=1S/C16H16N2O/c1-18(2)12-17-16(19)15-10-6-9-14(11-15)13-7-4-3-5-8-13/h3-12H,1-2H3. The molecule has 2 aromatic carbocycles. The number of hydrogen-bond donors (Lipinski definition) is 0. The summed E-state index contributed by atoms with van der Waals surface area (Å²) in [5.74, 6) is -0.230. The Morgan fingerprint density at radius 2 is 1.68 bits per heavy atom. The summed E-state index contributed by atoms with van der Waals surface area (Å²) < 4.78 is 0. The van der Waals surface area contributed by atoms with E-state index in [0.717, 1.165) is 11.1 Å². The highest BCUT2D eigenvalue weighted by atomic mass is 16.1. The van der Waals surface area contributed by atoms with Gasteiger partial charge in [-0.2, -0.15) is 4.99 Å². The summed E-state index contributed by atoms with van der Waals surface area (Å²) in [5, 5.41) is 0. The molecule has 0 aromatic heterocycles. The van der Waals surface area contributed by atoms with E-state index in [0.29, 0.717) is 5.56 Å². The first kappa shape index (κ1) is 13.0. The van der Waals surface area contributed by atoms with E-state index in [-0.39, 0.29) is 5.91 Å². The lowest BCUT2D eigenvalue weighted by molar-refractivity contribution is 0.100. The number of nitrogens with zero attached hydrogens (tertiary/aromatic N) is 2. The Balaban J connectivity index is 2.28. The van der Waals surface area contributed by atoms with Gasteiger partial charge in [0.25, 0.3) is 5.91 Å². The lowest BCUT2D eigenvalue weighted by Gasteiger charge is -2.04. The Hall–Kier alpha value is -2.42. The molecule has 0 bridgehead atoms. The van der Waals surface area contributed by atoms with Crippen LogP contribution in [0.5, 0.6) is 0 Å². The van der Waals surface area contributed by atoms with Crippen molar-refractivity contribution in [3.05, 3.63) is 60.2 Å². The van der Waals surface area contributed by atoms with Crippen molar-refractivity contribution in [3.8, 4) is 11.1 Å². The second kappa shape index (κ2) is 5.96. The summed E-state index contributed by atoms with van der Waals surface area (Å²) in [5.41, 5.74) is 2.71. The van der Waals surface area contributed by atoms with E-state index in [1.807, 2.05) is 62.6 Å². The van der Waals surface area contributed by atoms with Gasteiger partial charge >= 0.3 is 0 Å². The average Bonchev–Trinajstić information content (AvgIpc) is 2.46. The molecule has 0 unspecified atom stereocenters. The largest absolute Gasteiger partial charge is 0.369 e. The topological polar surface area (TPSA) is 32.7 Å². The molecule has 0 heterocycles. The third-order valence-electron chi connectivity index (χ3n) is 2.62. The summed E-state index contributed by atoms with van der Waals surface area (Å²) in [6, 6.07) is 17.5. The van der Waals surface area contributed by atoms with Crippen LogP contribution < -0.4 is 0 Å². The molecule has 19 heavy (non-hydrogen) atoms. The number of benzene rings is 2. The van der Waals surface area contributed by atoms with Gasteiger partial charge in [-0.15, -0.1) is 0 Å². The molecule has 0 saturated carbocycles. The fraction of sp³-hybridized carbons (Fsp3) is 0.125. The Bertz CT molecular complexity index is 589. The molecule has 0 atom stereocenters. The van der Waals surface area contributed by atoms with E-state index in [2.05, 4.69) is 4.99 Å². The third-order valence-corrected chi connectivity index (χ3v) is 2.62. The Labute approximate surface area is 113 Å². The number of hydrogen-bond acceptors (Lipinski definition) is 1. The van der Waals surface area contributed by atoms with Gasteiger partial charge in [0, 0.05) is 19.7 Å². The Kier molecular flexibility index (Phi) is 4.08. The number of carbonyl (C=O) groups excluding carboxylic acids is 1. The van der Waals surface area contributed by atoms with Crippen LogP contribution in [0.1, 0.15) is 10.4 Å². The molecule has 0 saturated heterocycles. The van der Waals surface area contributed by atoms with Gasteiger partial charge in [0.1, 0.15) is 0 Å². The molecular formula is C16H16N2O. The van der Waals surface area contributed by atoms with Gasteiger partial charge in [-0.1, -0.05) is 42.5 Å². The maximum atomic E-state index is 11.9. The second-order valence-corrected chi connectivity index (χ2v) is 4.46. The van der Waals surface area contributed by atoms with Crippen LogP contribution in [0.4, 0.5) is 0 Å². The molecule has 0 aliphatic heterocycles. The lowest BCUT2D eigenvalue weighted by atomic mass is 10.0. The third kappa shape index (κ3) is 3.52. The van der Waals surface area contributed by atoms with E-state index in [1.165, 1.54) is 6.34 Å². The summed E-state index contributed by atoms with van der Waals surface area (Å²) in [7, 11) is 3.66. The maximum Gasteiger partial charge on any atom is 0.278 e. The van der Waals surface area contributed by atoms with Crippen LogP contribution in [0, 0.1) is 0 Å². The molecular weight excluding hydrogens is 236 g/mol.